The third kappa shape index (κ3) is 4.13. The van der Waals surface area contributed by atoms with Gasteiger partial charge in [-0.15, -0.1) is 0 Å². The summed E-state index contributed by atoms with van der Waals surface area (Å²) in [4.78, 5) is 40.9. The fourth-order valence-electron chi connectivity index (χ4n) is 3.27. The van der Waals surface area contributed by atoms with E-state index in [-0.39, 0.29) is 29.5 Å². The van der Waals surface area contributed by atoms with Crippen molar-refractivity contribution in [3.8, 4) is 0 Å². The second-order valence-corrected chi connectivity index (χ2v) is 6.79. The summed E-state index contributed by atoms with van der Waals surface area (Å²) in [5, 5.41) is 18.2. The van der Waals surface area contributed by atoms with E-state index >= 15 is 0 Å². The van der Waals surface area contributed by atoms with Gasteiger partial charge in [0.15, 0.2) is 0 Å². The highest BCUT2D eigenvalue weighted by Crippen LogP contribution is 2.15. The van der Waals surface area contributed by atoms with Crippen molar-refractivity contribution in [2.45, 2.75) is 13.0 Å². The molecule has 8 heteroatoms. The first-order valence-corrected chi connectivity index (χ1v) is 9.04. The molecule has 28 heavy (non-hydrogen) atoms. The van der Waals surface area contributed by atoms with Crippen LogP contribution in [0.1, 0.15) is 27.6 Å². The third-order valence-electron chi connectivity index (χ3n) is 4.86. The molecule has 0 radical (unpaired) electrons. The molecule has 7 nitrogen and oxygen atoms in total. The lowest BCUT2D eigenvalue weighted by Gasteiger charge is -2.39. The summed E-state index contributed by atoms with van der Waals surface area (Å²) in [6, 6.07) is 14.2. The van der Waals surface area contributed by atoms with Gasteiger partial charge in [-0.2, -0.15) is 0 Å². The fraction of sp³-hybridized carbons (Fsp3) is 0.250. The molecule has 0 unspecified atom stereocenters. The summed E-state index contributed by atoms with van der Waals surface area (Å²) in [5.41, 5.74) is 1.02. The molecular formula is C20H21BN2O5. The average molecular weight is 380 g/mol. The zero-order chi connectivity index (χ0) is 20.3. The van der Waals surface area contributed by atoms with E-state index in [0.29, 0.717) is 18.7 Å². The molecule has 0 bridgehead atoms. The first-order chi connectivity index (χ1) is 13.4. The number of carbonyl (C=O) groups excluding carboxylic acids is 3. The van der Waals surface area contributed by atoms with Gasteiger partial charge < -0.3 is 19.8 Å². The van der Waals surface area contributed by atoms with Gasteiger partial charge in [-0.3, -0.25) is 14.4 Å². The molecule has 0 aliphatic carbocycles. The highest BCUT2D eigenvalue weighted by atomic mass is 16.4. The molecule has 2 amide bonds. The average Bonchev–Trinajstić information content (AvgIpc) is 2.72. The zero-order valence-electron chi connectivity index (χ0n) is 15.5. The predicted molar refractivity (Wildman–Crippen MR) is 104 cm³/mol. The van der Waals surface area contributed by atoms with Gasteiger partial charge in [0.1, 0.15) is 0 Å². The largest absolute Gasteiger partial charge is 0.488 e. The molecule has 1 aliphatic rings. The highest BCUT2D eigenvalue weighted by molar-refractivity contribution is 6.58. The van der Waals surface area contributed by atoms with E-state index in [0.717, 1.165) is 0 Å². The van der Waals surface area contributed by atoms with Gasteiger partial charge in [0, 0.05) is 36.8 Å². The van der Waals surface area contributed by atoms with E-state index < -0.39 is 18.8 Å². The summed E-state index contributed by atoms with van der Waals surface area (Å²) in [6.45, 7) is 2.79. The van der Waals surface area contributed by atoms with Crippen molar-refractivity contribution in [3.05, 3.63) is 65.7 Å². The van der Waals surface area contributed by atoms with Crippen LogP contribution in [0.3, 0.4) is 0 Å². The number of amides is 2. The van der Waals surface area contributed by atoms with Crippen molar-refractivity contribution in [1.82, 2.24) is 9.80 Å². The molecule has 2 aromatic rings. The van der Waals surface area contributed by atoms with Crippen molar-refractivity contribution in [3.63, 3.8) is 0 Å². The van der Waals surface area contributed by atoms with Crippen molar-refractivity contribution < 1.29 is 24.4 Å². The zero-order valence-corrected chi connectivity index (χ0v) is 15.5. The number of benzene rings is 2. The Hall–Kier alpha value is -2.97. The molecular weight excluding hydrogens is 359 g/mol. The van der Waals surface area contributed by atoms with Crippen LogP contribution >= 0.6 is 0 Å². The summed E-state index contributed by atoms with van der Waals surface area (Å²) in [6.07, 6.45) is 0. The number of piperazine rings is 1. The van der Waals surface area contributed by atoms with E-state index in [4.69, 9.17) is 10.0 Å². The van der Waals surface area contributed by atoms with Crippen LogP contribution in [0.25, 0.3) is 0 Å². The number of ketones is 1. The minimum absolute atomic E-state index is 0.0935. The third-order valence-corrected chi connectivity index (χ3v) is 4.86. The Morgan fingerprint density at radius 3 is 2.14 bits per heavy atom. The molecule has 1 saturated heterocycles. The van der Waals surface area contributed by atoms with E-state index in [1.54, 1.807) is 36.1 Å². The van der Waals surface area contributed by atoms with E-state index in [1.807, 2.05) is 6.07 Å². The van der Waals surface area contributed by atoms with Gasteiger partial charge in [-0.05, 0) is 24.5 Å². The molecule has 1 fully saturated rings. The number of carbonyl (C=O) groups is 3. The van der Waals surface area contributed by atoms with Crippen LogP contribution in [0.2, 0.25) is 0 Å². The van der Waals surface area contributed by atoms with Gasteiger partial charge in [-0.25, -0.2) is 0 Å². The monoisotopic (exact) mass is 380 g/mol. The van der Waals surface area contributed by atoms with Crippen LogP contribution in [0.4, 0.5) is 0 Å². The van der Waals surface area contributed by atoms with Crippen molar-refractivity contribution in [2.24, 2.45) is 0 Å². The number of hydrogen-bond acceptors (Lipinski definition) is 5. The lowest BCUT2D eigenvalue weighted by molar-refractivity contribution is -0.130. The van der Waals surface area contributed by atoms with Crippen LogP contribution < -0.4 is 5.46 Å². The number of nitrogens with zero attached hydrogens (tertiary/aromatic N) is 2. The van der Waals surface area contributed by atoms with E-state index in [9.17, 15) is 14.4 Å². The molecule has 0 spiro atoms. The Bertz CT molecular complexity index is 870. The number of Topliss-reactive ketones (excluding diaryl/α,β-unsaturated/α-hetero) is 1. The van der Waals surface area contributed by atoms with Crippen molar-refractivity contribution >= 4 is 30.2 Å². The van der Waals surface area contributed by atoms with Gasteiger partial charge >= 0.3 is 7.12 Å². The maximum absolute atomic E-state index is 12.6. The Morgan fingerprint density at radius 2 is 1.57 bits per heavy atom. The van der Waals surface area contributed by atoms with Crippen LogP contribution in [0, 0.1) is 0 Å². The summed E-state index contributed by atoms with van der Waals surface area (Å²) in [7, 11) is -1.63. The van der Waals surface area contributed by atoms with Crippen LogP contribution in [-0.4, -0.2) is 70.2 Å². The maximum atomic E-state index is 12.6. The molecule has 3 rings (SSSR count). The molecule has 0 saturated carbocycles. The Kier molecular flexibility index (Phi) is 5.91. The summed E-state index contributed by atoms with van der Waals surface area (Å²) in [5.74, 6) is -1.38. The summed E-state index contributed by atoms with van der Waals surface area (Å²) >= 11 is 0. The SMILES string of the molecule is C[C@@H]1CN(C(=O)c2ccccc2)CCN1C(=O)C(=O)c1ccc(B(O)O)cc1. The standard InChI is InChI=1S/C20H21BN2O5/c1-14-13-22(19(25)16-5-3-2-4-6-16)11-12-23(14)20(26)18(24)15-7-9-17(10-8-15)21(27)28/h2-10,14,27-28H,11-13H2,1H3/t14-/m1/s1. The smallest absolute Gasteiger partial charge is 0.423 e. The highest BCUT2D eigenvalue weighted by Gasteiger charge is 2.33. The second-order valence-electron chi connectivity index (χ2n) is 6.79. The van der Waals surface area contributed by atoms with Crippen molar-refractivity contribution in [1.29, 1.82) is 0 Å². The lowest BCUT2D eigenvalue weighted by atomic mass is 9.80. The molecule has 1 atom stereocenters. The first-order valence-electron chi connectivity index (χ1n) is 9.04. The molecule has 144 valence electrons. The fourth-order valence-corrected chi connectivity index (χ4v) is 3.27. The Labute approximate surface area is 163 Å². The van der Waals surface area contributed by atoms with Gasteiger partial charge in [0.25, 0.3) is 11.8 Å². The Morgan fingerprint density at radius 1 is 0.929 bits per heavy atom. The quantitative estimate of drug-likeness (QED) is 0.439. The Balaban J connectivity index is 1.65. The van der Waals surface area contributed by atoms with Gasteiger partial charge in [-0.1, -0.05) is 42.5 Å². The van der Waals surface area contributed by atoms with Crippen LogP contribution in [-0.2, 0) is 4.79 Å². The predicted octanol–water partition coefficient (Wildman–Crippen LogP) is -0.0778. The van der Waals surface area contributed by atoms with E-state index in [1.165, 1.54) is 29.2 Å². The van der Waals surface area contributed by atoms with Gasteiger partial charge in [0.05, 0.1) is 0 Å². The van der Waals surface area contributed by atoms with Crippen LogP contribution in [0.15, 0.2) is 54.6 Å². The van der Waals surface area contributed by atoms with Crippen molar-refractivity contribution in [2.75, 3.05) is 19.6 Å². The minimum atomic E-state index is -1.63. The number of hydrogen-bond donors (Lipinski definition) is 2. The molecule has 2 aromatic carbocycles. The maximum Gasteiger partial charge on any atom is 0.488 e. The molecule has 2 N–H and O–H groups in total. The number of rotatable bonds is 4. The molecule has 1 aliphatic heterocycles. The minimum Gasteiger partial charge on any atom is -0.423 e. The summed E-state index contributed by atoms with van der Waals surface area (Å²) < 4.78 is 0. The normalized spacial score (nSPS) is 16.6. The molecule has 0 aromatic heterocycles. The lowest BCUT2D eigenvalue weighted by Crippen LogP contribution is -2.56. The van der Waals surface area contributed by atoms with Gasteiger partial charge in [0.2, 0.25) is 5.78 Å². The first kappa shape index (κ1) is 19.8. The molecule has 1 heterocycles. The second kappa shape index (κ2) is 8.37. The van der Waals surface area contributed by atoms with Crippen LogP contribution in [0.5, 0.6) is 0 Å². The van der Waals surface area contributed by atoms with E-state index in [2.05, 4.69) is 0 Å². The topological polar surface area (TPSA) is 98.2 Å².